The molecule has 1 saturated heterocycles. The Hall–Kier alpha value is -0.900. The highest BCUT2D eigenvalue weighted by Crippen LogP contribution is 2.34. The molecule has 0 aromatic carbocycles. The van der Waals surface area contributed by atoms with Crippen LogP contribution in [-0.4, -0.2) is 53.2 Å². The van der Waals surface area contributed by atoms with Crippen LogP contribution < -0.4 is 0 Å². The van der Waals surface area contributed by atoms with Gasteiger partial charge in [0.25, 0.3) is 0 Å². The Balaban J connectivity index is 2.06. The lowest BCUT2D eigenvalue weighted by Gasteiger charge is -2.35. The number of likely N-dealkylation sites (N-methyl/N-ethyl adjacent to an activating group) is 1. The summed E-state index contributed by atoms with van der Waals surface area (Å²) >= 11 is 0. The summed E-state index contributed by atoms with van der Waals surface area (Å²) < 4.78 is 0. The lowest BCUT2D eigenvalue weighted by atomic mass is 9.94. The van der Waals surface area contributed by atoms with E-state index in [2.05, 4.69) is 4.90 Å². The monoisotopic (exact) mass is 280 g/mol. The van der Waals surface area contributed by atoms with Crippen LogP contribution in [0.1, 0.15) is 52.9 Å². The van der Waals surface area contributed by atoms with Crippen molar-refractivity contribution in [2.24, 2.45) is 5.92 Å². The molecule has 0 radical (unpaired) electrons. The van der Waals surface area contributed by atoms with Crippen LogP contribution in [0.15, 0.2) is 0 Å². The third-order valence-corrected chi connectivity index (χ3v) is 5.09. The Morgan fingerprint density at radius 3 is 2.55 bits per heavy atom. The predicted molar refractivity (Wildman–Crippen MR) is 79.5 cm³/mol. The quantitative estimate of drug-likeness (QED) is 0.774. The van der Waals surface area contributed by atoms with Crippen LogP contribution in [0.5, 0.6) is 0 Å². The zero-order valence-corrected chi connectivity index (χ0v) is 13.1. The summed E-state index contributed by atoms with van der Waals surface area (Å²) in [4.78, 5) is 28.8. The zero-order valence-electron chi connectivity index (χ0n) is 13.1. The van der Waals surface area contributed by atoms with E-state index in [1.807, 2.05) is 25.7 Å². The van der Waals surface area contributed by atoms with Crippen LogP contribution in [-0.2, 0) is 9.59 Å². The average Bonchev–Trinajstić information content (AvgIpc) is 3.07. The van der Waals surface area contributed by atoms with E-state index in [0.29, 0.717) is 11.8 Å². The molecule has 2 rings (SSSR count). The minimum atomic E-state index is -0.0872. The third-order valence-electron chi connectivity index (χ3n) is 5.09. The largest absolute Gasteiger partial charge is 0.342 e. The van der Waals surface area contributed by atoms with Gasteiger partial charge in [-0.1, -0.05) is 0 Å². The van der Waals surface area contributed by atoms with Crippen molar-refractivity contribution in [3.8, 4) is 0 Å². The van der Waals surface area contributed by atoms with Crippen LogP contribution in [0.2, 0.25) is 0 Å². The van der Waals surface area contributed by atoms with Crippen LogP contribution in [0.4, 0.5) is 0 Å². The summed E-state index contributed by atoms with van der Waals surface area (Å²) in [6.45, 7) is 8.55. The Morgan fingerprint density at radius 1 is 1.30 bits per heavy atom. The van der Waals surface area contributed by atoms with Crippen molar-refractivity contribution in [3.05, 3.63) is 0 Å². The first-order valence-electron chi connectivity index (χ1n) is 8.17. The van der Waals surface area contributed by atoms with Crippen molar-refractivity contribution in [2.45, 2.75) is 65.0 Å². The van der Waals surface area contributed by atoms with Gasteiger partial charge in [-0.15, -0.1) is 0 Å². The molecule has 0 aromatic heterocycles. The fourth-order valence-electron chi connectivity index (χ4n) is 3.92. The highest BCUT2D eigenvalue weighted by molar-refractivity contribution is 5.84. The van der Waals surface area contributed by atoms with Crippen LogP contribution in [0, 0.1) is 5.92 Å². The molecule has 1 saturated carbocycles. The van der Waals surface area contributed by atoms with Crippen molar-refractivity contribution in [2.75, 3.05) is 19.6 Å². The number of amides is 1. The lowest BCUT2D eigenvalue weighted by Crippen LogP contribution is -2.51. The van der Waals surface area contributed by atoms with E-state index in [1.54, 1.807) is 0 Å². The molecule has 20 heavy (non-hydrogen) atoms. The normalized spacial score (nSPS) is 28.9. The molecule has 4 nitrogen and oxygen atoms in total. The van der Waals surface area contributed by atoms with Gasteiger partial charge in [0.05, 0.1) is 6.04 Å². The third kappa shape index (κ3) is 2.90. The van der Waals surface area contributed by atoms with E-state index < -0.39 is 0 Å². The summed E-state index contributed by atoms with van der Waals surface area (Å²) in [6.07, 6.45) is 4.99. The molecule has 2 aliphatic rings. The molecule has 1 aliphatic heterocycles. The Labute approximate surface area is 122 Å². The highest BCUT2D eigenvalue weighted by atomic mass is 16.2. The van der Waals surface area contributed by atoms with Gasteiger partial charge in [0, 0.05) is 31.5 Å². The molecule has 2 fully saturated rings. The molecule has 0 bridgehead atoms. The number of rotatable bonds is 5. The molecule has 1 amide bonds. The number of hydrogen-bond acceptors (Lipinski definition) is 3. The number of nitrogens with zero attached hydrogens (tertiary/aromatic N) is 2. The van der Waals surface area contributed by atoms with Gasteiger partial charge in [0.15, 0.2) is 0 Å². The van der Waals surface area contributed by atoms with Crippen LogP contribution in [0.25, 0.3) is 0 Å². The molecule has 0 N–H and O–H groups in total. The molecule has 4 heteroatoms. The summed E-state index contributed by atoms with van der Waals surface area (Å²) in [7, 11) is 0. The van der Waals surface area contributed by atoms with E-state index in [4.69, 9.17) is 0 Å². The topological polar surface area (TPSA) is 40.6 Å². The van der Waals surface area contributed by atoms with Crippen molar-refractivity contribution in [1.82, 2.24) is 9.80 Å². The van der Waals surface area contributed by atoms with Gasteiger partial charge in [-0.3, -0.25) is 14.5 Å². The molecule has 1 heterocycles. The highest BCUT2D eigenvalue weighted by Gasteiger charge is 2.41. The van der Waals surface area contributed by atoms with E-state index in [0.717, 1.165) is 51.7 Å². The number of carbonyl (C=O) groups is 2. The van der Waals surface area contributed by atoms with Crippen molar-refractivity contribution >= 4 is 11.7 Å². The number of hydrogen-bond donors (Lipinski definition) is 0. The minimum absolute atomic E-state index is 0.0872. The van der Waals surface area contributed by atoms with Crippen molar-refractivity contribution in [1.29, 1.82) is 0 Å². The molecule has 114 valence electrons. The molecule has 1 aliphatic carbocycles. The van der Waals surface area contributed by atoms with E-state index in [9.17, 15) is 9.59 Å². The molecular formula is C16H28N2O2. The van der Waals surface area contributed by atoms with Crippen molar-refractivity contribution in [3.63, 3.8) is 0 Å². The summed E-state index contributed by atoms with van der Waals surface area (Å²) in [6, 6.07) is 0.218. The number of Topliss-reactive ketones (excluding diaryl/α,β-unsaturated/α-hetero) is 1. The zero-order chi connectivity index (χ0) is 14.7. The van der Waals surface area contributed by atoms with Gasteiger partial charge in [-0.05, 0) is 53.0 Å². The number of carbonyl (C=O) groups excluding carboxylic acids is 2. The molecule has 0 spiro atoms. The molecular weight excluding hydrogens is 252 g/mol. The smallest absolute Gasteiger partial charge is 0.239 e. The first-order valence-corrected chi connectivity index (χ1v) is 8.17. The average molecular weight is 280 g/mol. The summed E-state index contributed by atoms with van der Waals surface area (Å²) in [5.74, 6) is 0.821. The Bertz CT molecular complexity index is 365. The van der Waals surface area contributed by atoms with Gasteiger partial charge in [-0.2, -0.15) is 0 Å². The summed E-state index contributed by atoms with van der Waals surface area (Å²) in [5.41, 5.74) is 0. The van der Waals surface area contributed by atoms with E-state index >= 15 is 0 Å². The van der Waals surface area contributed by atoms with Gasteiger partial charge in [-0.25, -0.2) is 0 Å². The Kier molecular flexibility index (Phi) is 5.19. The van der Waals surface area contributed by atoms with Gasteiger partial charge in [0.2, 0.25) is 5.91 Å². The lowest BCUT2D eigenvalue weighted by molar-refractivity contribution is -0.137. The standard InChI is InChI=1S/C16H28N2O2/c1-4-17(5-2)16(20)12(3)18-11-7-9-14(18)13-8-6-10-15(13)19/h12-14H,4-11H2,1-3H3. The molecule has 3 atom stereocenters. The summed E-state index contributed by atoms with van der Waals surface area (Å²) in [5, 5.41) is 0. The molecule has 3 unspecified atom stereocenters. The van der Waals surface area contributed by atoms with Gasteiger partial charge in [0.1, 0.15) is 5.78 Å². The van der Waals surface area contributed by atoms with Crippen LogP contribution >= 0.6 is 0 Å². The molecule has 0 aromatic rings. The van der Waals surface area contributed by atoms with Gasteiger partial charge >= 0.3 is 0 Å². The second-order valence-corrected chi connectivity index (χ2v) is 6.10. The number of ketones is 1. The second-order valence-electron chi connectivity index (χ2n) is 6.10. The fourth-order valence-corrected chi connectivity index (χ4v) is 3.92. The maximum Gasteiger partial charge on any atom is 0.239 e. The fraction of sp³-hybridized carbons (Fsp3) is 0.875. The van der Waals surface area contributed by atoms with Crippen molar-refractivity contribution < 1.29 is 9.59 Å². The first-order chi connectivity index (χ1) is 9.60. The van der Waals surface area contributed by atoms with E-state index in [1.165, 1.54) is 0 Å². The Morgan fingerprint density at radius 2 is 2.00 bits per heavy atom. The predicted octanol–water partition coefficient (Wildman–Crippen LogP) is 2.08. The maximum absolute atomic E-state index is 12.5. The van der Waals surface area contributed by atoms with E-state index in [-0.39, 0.29) is 17.9 Å². The maximum atomic E-state index is 12.5. The second kappa shape index (κ2) is 6.70. The SMILES string of the molecule is CCN(CC)C(=O)C(C)N1CCCC1C1CCCC1=O. The minimum Gasteiger partial charge on any atom is -0.342 e. The number of likely N-dealkylation sites (tertiary alicyclic amines) is 1. The van der Waals surface area contributed by atoms with Gasteiger partial charge < -0.3 is 4.90 Å². The first kappa shape index (κ1) is 15.5. The van der Waals surface area contributed by atoms with Crippen LogP contribution in [0.3, 0.4) is 0 Å².